The van der Waals surface area contributed by atoms with Crippen molar-refractivity contribution in [1.29, 1.82) is 0 Å². The number of methoxy groups -OCH3 is 2. The van der Waals surface area contributed by atoms with E-state index in [1.54, 1.807) is 0 Å². The van der Waals surface area contributed by atoms with Gasteiger partial charge in [-0.15, -0.1) is 0 Å². The van der Waals surface area contributed by atoms with E-state index < -0.39 is 41.3 Å². The minimum atomic E-state index is -0.985. The molecule has 0 saturated carbocycles. The quantitative estimate of drug-likeness (QED) is 0.593. The van der Waals surface area contributed by atoms with Gasteiger partial charge in [-0.25, -0.2) is 0 Å². The molecule has 26 heavy (non-hydrogen) atoms. The third kappa shape index (κ3) is 2.67. The molecule has 7 heteroatoms. The normalized spacial score (nSPS) is 30.2. The van der Waals surface area contributed by atoms with Crippen molar-refractivity contribution >= 4 is 17.9 Å². The minimum Gasteiger partial charge on any atom is -0.469 e. The van der Waals surface area contributed by atoms with Crippen molar-refractivity contribution in [2.45, 2.75) is 31.5 Å². The summed E-state index contributed by atoms with van der Waals surface area (Å²) in [6.45, 7) is 3.85. The minimum absolute atomic E-state index is 0.157. The van der Waals surface area contributed by atoms with Crippen molar-refractivity contribution in [3.05, 3.63) is 35.9 Å². The van der Waals surface area contributed by atoms with Crippen molar-refractivity contribution in [2.75, 3.05) is 20.8 Å². The second-order valence-corrected chi connectivity index (χ2v) is 7.11. The van der Waals surface area contributed by atoms with Gasteiger partial charge in [0.1, 0.15) is 12.6 Å². The van der Waals surface area contributed by atoms with E-state index in [0.717, 1.165) is 5.56 Å². The molecule has 7 nitrogen and oxygen atoms in total. The van der Waals surface area contributed by atoms with Crippen molar-refractivity contribution in [3.8, 4) is 0 Å². The molecule has 1 aromatic carbocycles. The standard InChI is InChI=1S/C19H23NO6/c1-19(2)14(17(22)25-4)13(16(21)24-3)15-18(23)26-10-12(20(15)19)11-8-6-5-7-9-11/h5-9,12-15H,10H2,1-4H3/t12-,13+,14+,15?/m1/s1. The monoisotopic (exact) mass is 361 g/mol. The highest BCUT2D eigenvalue weighted by molar-refractivity contribution is 5.92. The molecule has 3 rings (SSSR count). The van der Waals surface area contributed by atoms with E-state index in [0.29, 0.717) is 0 Å². The van der Waals surface area contributed by atoms with Gasteiger partial charge < -0.3 is 14.2 Å². The molecule has 0 aromatic heterocycles. The van der Waals surface area contributed by atoms with Crippen LogP contribution in [0.3, 0.4) is 0 Å². The summed E-state index contributed by atoms with van der Waals surface area (Å²) >= 11 is 0. The first-order valence-corrected chi connectivity index (χ1v) is 8.50. The second-order valence-electron chi connectivity index (χ2n) is 7.11. The molecule has 0 N–H and O–H groups in total. The lowest BCUT2D eigenvalue weighted by atomic mass is 9.80. The van der Waals surface area contributed by atoms with Crippen LogP contribution in [-0.2, 0) is 28.6 Å². The number of carbonyl (C=O) groups excluding carboxylic acids is 3. The van der Waals surface area contributed by atoms with E-state index in [1.165, 1.54) is 14.2 Å². The Bertz CT molecular complexity index is 716. The zero-order valence-electron chi connectivity index (χ0n) is 15.3. The maximum Gasteiger partial charge on any atom is 0.324 e. The Morgan fingerprint density at radius 1 is 1.12 bits per heavy atom. The summed E-state index contributed by atoms with van der Waals surface area (Å²) in [7, 11) is 2.52. The number of rotatable bonds is 3. The number of hydrogen-bond donors (Lipinski definition) is 0. The molecule has 2 aliphatic heterocycles. The van der Waals surface area contributed by atoms with Crippen LogP contribution in [0.2, 0.25) is 0 Å². The molecule has 0 spiro atoms. The summed E-state index contributed by atoms with van der Waals surface area (Å²) in [6.07, 6.45) is 0. The largest absolute Gasteiger partial charge is 0.469 e. The van der Waals surface area contributed by atoms with E-state index >= 15 is 0 Å². The number of ether oxygens (including phenoxy) is 3. The van der Waals surface area contributed by atoms with Gasteiger partial charge in [0.2, 0.25) is 0 Å². The van der Waals surface area contributed by atoms with Crippen molar-refractivity contribution < 1.29 is 28.6 Å². The topological polar surface area (TPSA) is 82.1 Å². The Hall–Kier alpha value is -2.41. The average molecular weight is 361 g/mol. The lowest BCUT2D eigenvalue weighted by molar-refractivity contribution is -0.170. The van der Waals surface area contributed by atoms with Gasteiger partial charge in [0.15, 0.2) is 0 Å². The number of fused-ring (bicyclic) bond motifs is 1. The van der Waals surface area contributed by atoms with Gasteiger partial charge in [-0.3, -0.25) is 19.3 Å². The third-order valence-electron chi connectivity index (χ3n) is 5.50. The number of esters is 3. The van der Waals surface area contributed by atoms with Crippen LogP contribution in [0.4, 0.5) is 0 Å². The van der Waals surface area contributed by atoms with Crippen LogP contribution in [0.1, 0.15) is 25.5 Å². The Labute approximate surface area is 152 Å². The first kappa shape index (κ1) is 18.4. The molecule has 1 aromatic rings. The van der Waals surface area contributed by atoms with Crippen molar-refractivity contribution in [2.24, 2.45) is 11.8 Å². The predicted octanol–water partition coefficient (Wildman–Crippen LogP) is 1.33. The van der Waals surface area contributed by atoms with Gasteiger partial charge in [0, 0.05) is 5.54 Å². The fourth-order valence-corrected chi connectivity index (χ4v) is 4.39. The lowest BCUT2D eigenvalue weighted by Gasteiger charge is -2.44. The number of carbonyl (C=O) groups is 3. The molecule has 4 atom stereocenters. The third-order valence-corrected chi connectivity index (χ3v) is 5.50. The Morgan fingerprint density at radius 2 is 1.73 bits per heavy atom. The van der Waals surface area contributed by atoms with Gasteiger partial charge in [-0.05, 0) is 19.4 Å². The summed E-state index contributed by atoms with van der Waals surface area (Å²) in [4.78, 5) is 39.6. The average Bonchev–Trinajstić information content (AvgIpc) is 2.90. The predicted molar refractivity (Wildman–Crippen MR) is 90.9 cm³/mol. The highest BCUT2D eigenvalue weighted by Crippen LogP contribution is 2.50. The molecule has 140 valence electrons. The Kier molecular flexibility index (Phi) is 4.75. The van der Waals surface area contributed by atoms with E-state index in [4.69, 9.17) is 14.2 Å². The van der Waals surface area contributed by atoms with E-state index in [-0.39, 0.29) is 12.6 Å². The van der Waals surface area contributed by atoms with Gasteiger partial charge in [-0.2, -0.15) is 0 Å². The molecule has 2 saturated heterocycles. The molecule has 0 radical (unpaired) electrons. The summed E-state index contributed by atoms with van der Waals surface area (Å²) < 4.78 is 15.3. The van der Waals surface area contributed by atoms with E-state index in [2.05, 4.69) is 0 Å². The van der Waals surface area contributed by atoms with Crippen molar-refractivity contribution in [1.82, 2.24) is 4.90 Å². The van der Waals surface area contributed by atoms with Crippen LogP contribution in [0.25, 0.3) is 0 Å². The SMILES string of the molecule is COC(=O)[C@@H]1C2C(=O)OC[C@H](c3ccccc3)N2C(C)(C)[C@@H]1C(=O)OC. The molecular weight excluding hydrogens is 338 g/mol. The number of benzene rings is 1. The Morgan fingerprint density at radius 3 is 2.31 bits per heavy atom. The van der Waals surface area contributed by atoms with Crippen LogP contribution >= 0.6 is 0 Å². The van der Waals surface area contributed by atoms with Crippen LogP contribution in [-0.4, -0.2) is 55.2 Å². The van der Waals surface area contributed by atoms with Crippen LogP contribution in [0.15, 0.2) is 30.3 Å². The van der Waals surface area contributed by atoms with Crippen molar-refractivity contribution in [3.63, 3.8) is 0 Å². The first-order chi connectivity index (χ1) is 12.3. The molecule has 0 aliphatic carbocycles. The number of morpholine rings is 1. The summed E-state index contributed by atoms with van der Waals surface area (Å²) in [5.74, 6) is -3.51. The maximum absolute atomic E-state index is 12.6. The van der Waals surface area contributed by atoms with Crippen LogP contribution < -0.4 is 0 Å². The smallest absolute Gasteiger partial charge is 0.324 e. The number of hydrogen-bond acceptors (Lipinski definition) is 7. The highest BCUT2D eigenvalue weighted by Gasteiger charge is 2.66. The summed E-state index contributed by atoms with van der Waals surface area (Å²) in [6, 6.07) is 8.42. The van der Waals surface area contributed by atoms with E-state index in [1.807, 2.05) is 49.1 Å². The molecular formula is C19H23NO6. The fourth-order valence-electron chi connectivity index (χ4n) is 4.39. The van der Waals surface area contributed by atoms with Gasteiger partial charge >= 0.3 is 17.9 Å². The molecule has 2 heterocycles. The van der Waals surface area contributed by atoms with Gasteiger partial charge in [0.05, 0.1) is 32.1 Å². The van der Waals surface area contributed by atoms with Crippen LogP contribution in [0, 0.1) is 11.8 Å². The van der Waals surface area contributed by atoms with E-state index in [9.17, 15) is 14.4 Å². The fraction of sp³-hybridized carbons (Fsp3) is 0.526. The maximum atomic E-state index is 12.6. The van der Waals surface area contributed by atoms with Crippen LogP contribution in [0.5, 0.6) is 0 Å². The zero-order chi connectivity index (χ0) is 19.1. The number of cyclic esters (lactones) is 1. The van der Waals surface area contributed by atoms with Gasteiger partial charge in [0.25, 0.3) is 0 Å². The first-order valence-electron chi connectivity index (χ1n) is 8.50. The number of nitrogens with zero attached hydrogens (tertiary/aromatic N) is 1. The molecule has 0 amide bonds. The summed E-state index contributed by atoms with van der Waals surface area (Å²) in [5, 5.41) is 0. The Balaban J connectivity index is 2.13. The molecule has 2 aliphatic rings. The molecule has 2 fully saturated rings. The highest BCUT2D eigenvalue weighted by atomic mass is 16.5. The second kappa shape index (κ2) is 6.72. The molecule has 0 bridgehead atoms. The zero-order valence-corrected chi connectivity index (χ0v) is 15.3. The lowest BCUT2D eigenvalue weighted by Crippen LogP contribution is -2.55. The molecule has 1 unspecified atom stereocenters. The van der Waals surface area contributed by atoms with Gasteiger partial charge in [-0.1, -0.05) is 30.3 Å². The summed E-state index contributed by atoms with van der Waals surface area (Å²) in [5.41, 5.74) is 0.142.